The van der Waals surface area contributed by atoms with Crippen molar-refractivity contribution in [3.8, 4) is 10.6 Å². The molecule has 0 radical (unpaired) electrons. The molecule has 0 aliphatic carbocycles. The van der Waals surface area contributed by atoms with Crippen molar-refractivity contribution in [1.29, 1.82) is 0 Å². The molecule has 0 aliphatic heterocycles. The number of rotatable bonds is 3. The van der Waals surface area contributed by atoms with E-state index in [9.17, 15) is 9.18 Å². The van der Waals surface area contributed by atoms with Crippen LogP contribution in [0.5, 0.6) is 0 Å². The average molecular weight is 304 g/mol. The Morgan fingerprint density at radius 2 is 2.19 bits per heavy atom. The van der Waals surface area contributed by atoms with E-state index in [-0.39, 0.29) is 11.4 Å². The van der Waals surface area contributed by atoms with Gasteiger partial charge in [0, 0.05) is 5.56 Å². The van der Waals surface area contributed by atoms with Crippen molar-refractivity contribution in [1.82, 2.24) is 10.2 Å². The summed E-state index contributed by atoms with van der Waals surface area (Å²) < 4.78 is 18.1. The second-order valence-electron chi connectivity index (χ2n) is 4.08. The molecule has 3 aromatic rings. The lowest BCUT2D eigenvalue weighted by molar-refractivity contribution is 0.0996. The Balaban J connectivity index is 1.80. The fourth-order valence-corrected chi connectivity index (χ4v) is 2.37. The van der Waals surface area contributed by atoms with E-state index < -0.39 is 11.7 Å². The minimum atomic E-state index is -0.491. The quantitative estimate of drug-likeness (QED) is 0.726. The van der Waals surface area contributed by atoms with Gasteiger partial charge in [0.05, 0.1) is 12.0 Å². The maximum absolute atomic E-state index is 13.1. The molecule has 3 rings (SSSR count). The SMILES string of the molecule is Nc1cc(-c2nnc(NC(=O)c3ccco3)s2)ccc1F. The van der Waals surface area contributed by atoms with E-state index in [4.69, 9.17) is 10.2 Å². The van der Waals surface area contributed by atoms with Crippen LogP contribution in [0.1, 0.15) is 10.6 Å². The molecule has 1 aromatic carbocycles. The highest BCUT2D eigenvalue weighted by Gasteiger charge is 2.13. The summed E-state index contributed by atoms with van der Waals surface area (Å²) in [6, 6.07) is 7.42. The molecular formula is C13H9FN4O2S. The van der Waals surface area contributed by atoms with Gasteiger partial charge in [-0.3, -0.25) is 10.1 Å². The third kappa shape index (κ3) is 2.75. The fraction of sp³-hybridized carbons (Fsp3) is 0. The van der Waals surface area contributed by atoms with Gasteiger partial charge in [0.1, 0.15) is 10.8 Å². The largest absolute Gasteiger partial charge is 0.459 e. The predicted molar refractivity (Wildman–Crippen MR) is 76.4 cm³/mol. The van der Waals surface area contributed by atoms with Crippen LogP contribution in [0.2, 0.25) is 0 Å². The average Bonchev–Trinajstić information content (AvgIpc) is 3.12. The summed E-state index contributed by atoms with van der Waals surface area (Å²) in [5, 5.41) is 11.2. The van der Waals surface area contributed by atoms with Crippen molar-refractivity contribution in [2.24, 2.45) is 0 Å². The van der Waals surface area contributed by atoms with Gasteiger partial charge in [-0.2, -0.15) is 0 Å². The van der Waals surface area contributed by atoms with Crippen molar-refractivity contribution >= 4 is 28.1 Å². The number of nitrogen functional groups attached to an aromatic ring is 1. The van der Waals surface area contributed by atoms with Crippen LogP contribution in [0.4, 0.5) is 15.2 Å². The number of benzene rings is 1. The number of nitrogens with zero attached hydrogens (tertiary/aromatic N) is 2. The number of nitrogens with one attached hydrogen (secondary N) is 1. The van der Waals surface area contributed by atoms with Crippen molar-refractivity contribution in [2.75, 3.05) is 11.1 Å². The number of hydrogen-bond acceptors (Lipinski definition) is 6. The Kier molecular flexibility index (Phi) is 3.36. The lowest BCUT2D eigenvalue weighted by Gasteiger charge is -1.99. The lowest BCUT2D eigenvalue weighted by Crippen LogP contribution is -2.10. The Morgan fingerprint density at radius 3 is 2.90 bits per heavy atom. The monoisotopic (exact) mass is 304 g/mol. The van der Waals surface area contributed by atoms with Gasteiger partial charge in [-0.1, -0.05) is 11.3 Å². The maximum atomic E-state index is 13.1. The number of anilines is 2. The molecule has 2 heterocycles. The molecule has 0 bridgehead atoms. The van der Waals surface area contributed by atoms with E-state index in [1.54, 1.807) is 12.1 Å². The maximum Gasteiger partial charge on any atom is 0.293 e. The zero-order valence-electron chi connectivity index (χ0n) is 10.5. The Morgan fingerprint density at radius 1 is 1.33 bits per heavy atom. The second kappa shape index (κ2) is 5.33. The molecule has 0 unspecified atom stereocenters. The predicted octanol–water partition coefficient (Wildman–Crippen LogP) is 2.77. The van der Waals surface area contributed by atoms with Gasteiger partial charge in [0.15, 0.2) is 5.76 Å². The molecule has 8 heteroatoms. The summed E-state index contributed by atoms with van der Waals surface area (Å²) in [5.41, 5.74) is 6.17. The van der Waals surface area contributed by atoms with Crippen LogP contribution in [-0.2, 0) is 0 Å². The van der Waals surface area contributed by atoms with Gasteiger partial charge in [-0.15, -0.1) is 10.2 Å². The molecule has 0 atom stereocenters. The molecule has 0 saturated carbocycles. The zero-order valence-corrected chi connectivity index (χ0v) is 11.4. The molecule has 2 aromatic heterocycles. The lowest BCUT2D eigenvalue weighted by atomic mass is 10.2. The highest BCUT2D eigenvalue weighted by molar-refractivity contribution is 7.18. The highest BCUT2D eigenvalue weighted by atomic mass is 32.1. The van der Waals surface area contributed by atoms with Crippen molar-refractivity contribution < 1.29 is 13.6 Å². The van der Waals surface area contributed by atoms with Crippen LogP contribution >= 0.6 is 11.3 Å². The van der Waals surface area contributed by atoms with Gasteiger partial charge >= 0.3 is 0 Å². The normalized spacial score (nSPS) is 10.5. The summed E-state index contributed by atoms with van der Waals surface area (Å²) in [6.07, 6.45) is 1.40. The van der Waals surface area contributed by atoms with Crippen molar-refractivity contribution in [3.05, 3.63) is 48.2 Å². The van der Waals surface area contributed by atoms with E-state index in [0.717, 1.165) is 11.3 Å². The van der Waals surface area contributed by atoms with Gasteiger partial charge in [-0.05, 0) is 30.3 Å². The number of carbonyl (C=O) groups is 1. The third-order valence-corrected chi connectivity index (χ3v) is 3.52. The van der Waals surface area contributed by atoms with Crippen LogP contribution < -0.4 is 11.1 Å². The molecule has 0 aliphatic rings. The van der Waals surface area contributed by atoms with Gasteiger partial charge < -0.3 is 10.2 Å². The minimum Gasteiger partial charge on any atom is -0.459 e. The summed E-state index contributed by atoms with van der Waals surface area (Å²) in [5.74, 6) is -0.728. The number of amides is 1. The summed E-state index contributed by atoms with van der Waals surface area (Å²) in [6.45, 7) is 0. The van der Waals surface area contributed by atoms with E-state index in [1.165, 1.54) is 24.5 Å². The van der Waals surface area contributed by atoms with Crippen molar-refractivity contribution in [2.45, 2.75) is 0 Å². The van der Waals surface area contributed by atoms with Gasteiger partial charge in [0.2, 0.25) is 5.13 Å². The third-order valence-electron chi connectivity index (χ3n) is 2.63. The van der Waals surface area contributed by atoms with Gasteiger partial charge in [0.25, 0.3) is 5.91 Å². The second-order valence-corrected chi connectivity index (χ2v) is 5.06. The highest BCUT2D eigenvalue weighted by Crippen LogP contribution is 2.28. The molecule has 0 spiro atoms. The van der Waals surface area contributed by atoms with Gasteiger partial charge in [-0.25, -0.2) is 4.39 Å². The first kappa shape index (κ1) is 13.3. The summed E-state index contributed by atoms with van der Waals surface area (Å²) in [7, 11) is 0. The van der Waals surface area contributed by atoms with E-state index in [1.807, 2.05) is 0 Å². The van der Waals surface area contributed by atoms with Crippen LogP contribution in [0.3, 0.4) is 0 Å². The van der Waals surface area contributed by atoms with E-state index in [2.05, 4.69) is 15.5 Å². The number of halogens is 1. The van der Waals surface area contributed by atoms with E-state index >= 15 is 0 Å². The molecule has 0 saturated heterocycles. The minimum absolute atomic E-state index is 0.0314. The fourth-order valence-electron chi connectivity index (χ4n) is 1.63. The molecule has 6 nitrogen and oxygen atoms in total. The van der Waals surface area contributed by atoms with E-state index in [0.29, 0.717) is 15.7 Å². The molecular weight excluding hydrogens is 295 g/mol. The van der Waals surface area contributed by atoms with Crippen molar-refractivity contribution in [3.63, 3.8) is 0 Å². The number of aromatic nitrogens is 2. The first-order valence-corrected chi connectivity index (χ1v) is 6.69. The first-order chi connectivity index (χ1) is 10.1. The number of nitrogens with two attached hydrogens (primary N) is 1. The summed E-state index contributed by atoms with van der Waals surface area (Å²) >= 11 is 1.15. The topological polar surface area (TPSA) is 94.0 Å². The number of furan rings is 1. The van der Waals surface area contributed by atoms with Crippen LogP contribution in [0.15, 0.2) is 41.0 Å². The number of carbonyl (C=O) groups excluding carboxylic acids is 1. The molecule has 21 heavy (non-hydrogen) atoms. The zero-order chi connectivity index (χ0) is 14.8. The standard InChI is InChI=1S/C13H9FN4O2S/c14-8-4-3-7(6-9(8)15)12-17-18-13(21-12)16-11(19)10-2-1-5-20-10/h1-6H,15H2,(H,16,18,19). The molecule has 0 fully saturated rings. The Hall–Kier alpha value is -2.74. The molecule has 106 valence electrons. The summed E-state index contributed by atoms with van der Waals surface area (Å²) in [4.78, 5) is 11.8. The smallest absolute Gasteiger partial charge is 0.293 e. The Bertz CT molecular complexity index is 785. The van der Waals surface area contributed by atoms with Crippen LogP contribution in [-0.4, -0.2) is 16.1 Å². The Labute approximate surface area is 122 Å². The first-order valence-electron chi connectivity index (χ1n) is 5.87. The van der Waals surface area contributed by atoms with Crippen LogP contribution in [0, 0.1) is 5.82 Å². The number of hydrogen-bond donors (Lipinski definition) is 2. The molecule has 1 amide bonds. The van der Waals surface area contributed by atoms with Crippen LogP contribution in [0.25, 0.3) is 10.6 Å². The molecule has 3 N–H and O–H groups in total.